The molecule has 7 heteroatoms. The molecule has 1 N–H and O–H groups in total. The number of hydrogen-bond donors (Lipinski definition) is 1. The smallest absolute Gasteiger partial charge is 0.175 e. The SMILES string of the molecule is COc1cc(CNc2ccc(N3CCOCC3)cc2)cc(Br)c1OCc1ccccc1F. The molecule has 0 amide bonds. The van der Waals surface area contributed by atoms with Crippen LogP contribution in [0.15, 0.2) is 65.1 Å². The molecule has 0 aliphatic carbocycles. The summed E-state index contributed by atoms with van der Waals surface area (Å²) in [4.78, 5) is 2.33. The molecule has 1 aliphatic heterocycles. The van der Waals surface area contributed by atoms with E-state index in [0.717, 1.165) is 42.0 Å². The van der Waals surface area contributed by atoms with E-state index in [0.29, 0.717) is 23.6 Å². The van der Waals surface area contributed by atoms with Gasteiger partial charge in [0.2, 0.25) is 0 Å². The number of halogens is 2. The van der Waals surface area contributed by atoms with Crippen LogP contribution < -0.4 is 19.7 Å². The molecule has 4 rings (SSSR count). The van der Waals surface area contributed by atoms with E-state index in [2.05, 4.69) is 50.4 Å². The monoisotopic (exact) mass is 500 g/mol. The fourth-order valence-electron chi connectivity index (χ4n) is 3.60. The Labute approximate surface area is 196 Å². The van der Waals surface area contributed by atoms with E-state index in [1.807, 2.05) is 12.1 Å². The van der Waals surface area contributed by atoms with Gasteiger partial charge in [-0.05, 0) is 64.0 Å². The van der Waals surface area contributed by atoms with Crippen molar-refractivity contribution in [2.75, 3.05) is 43.6 Å². The zero-order valence-corrected chi connectivity index (χ0v) is 19.5. The predicted molar refractivity (Wildman–Crippen MR) is 128 cm³/mol. The number of morpholine rings is 1. The molecule has 3 aromatic rings. The number of anilines is 2. The largest absolute Gasteiger partial charge is 0.493 e. The highest BCUT2D eigenvalue weighted by Gasteiger charge is 2.14. The van der Waals surface area contributed by atoms with Crippen LogP contribution in [0, 0.1) is 5.82 Å². The Bertz CT molecular complexity index is 1040. The van der Waals surface area contributed by atoms with Crippen molar-refractivity contribution in [1.29, 1.82) is 0 Å². The topological polar surface area (TPSA) is 43.0 Å². The first-order chi connectivity index (χ1) is 15.6. The maximum absolute atomic E-state index is 13.9. The highest BCUT2D eigenvalue weighted by molar-refractivity contribution is 9.10. The second-order valence-electron chi connectivity index (χ2n) is 7.49. The van der Waals surface area contributed by atoms with Gasteiger partial charge in [-0.25, -0.2) is 4.39 Å². The van der Waals surface area contributed by atoms with Crippen LogP contribution >= 0.6 is 15.9 Å². The van der Waals surface area contributed by atoms with Crippen LogP contribution in [0.5, 0.6) is 11.5 Å². The number of ether oxygens (including phenoxy) is 3. The molecule has 0 atom stereocenters. The standard InChI is InChI=1S/C25H26BrFN2O3/c1-30-24-15-18(14-22(26)25(24)32-17-19-4-2-3-5-23(19)27)16-28-20-6-8-21(9-7-20)29-10-12-31-13-11-29/h2-9,14-15,28H,10-13,16-17H2,1H3. The molecule has 0 bridgehead atoms. The molecule has 168 valence electrons. The van der Waals surface area contributed by atoms with Crippen LogP contribution in [0.4, 0.5) is 15.8 Å². The van der Waals surface area contributed by atoms with Crippen molar-refractivity contribution in [1.82, 2.24) is 0 Å². The highest BCUT2D eigenvalue weighted by atomic mass is 79.9. The van der Waals surface area contributed by atoms with Crippen LogP contribution in [0.25, 0.3) is 0 Å². The maximum Gasteiger partial charge on any atom is 0.175 e. The molecule has 0 spiro atoms. The Morgan fingerprint density at radius 2 is 1.81 bits per heavy atom. The van der Waals surface area contributed by atoms with E-state index in [1.54, 1.807) is 25.3 Å². The van der Waals surface area contributed by atoms with Crippen molar-refractivity contribution in [2.45, 2.75) is 13.2 Å². The van der Waals surface area contributed by atoms with Gasteiger partial charge in [0.25, 0.3) is 0 Å². The molecule has 0 saturated carbocycles. The quantitative estimate of drug-likeness (QED) is 0.434. The summed E-state index contributed by atoms with van der Waals surface area (Å²) in [6, 6.07) is 18.9. The average Bonchev–Trinajstić information content (AvgIpc) is 2.83. The van der Waals surface area contributed by atoms with Gasteiger partial charge in [-0.3, -0.25) is 0 Å². The van der Waals surface area contributed by atoms with Gasteiger partial charge in [-0.2, -0.15) is 0 Å². The lowest BCUT2D eigenvalue weighted by Crippen LogP contribution is -2.36. The van der Waals surface area contributed by atoms with Crippen molar-refractivity contribution in [3.63, 3.8) is 0 Å². The van der Waals surface area contributed by atoms with Gasteiger partial charge in [-0.1, -0.05) is 18.2 Å². The Morgan fingerprint density at radius 3 is 2.53 bits per heavy atom. The molecule has 0 radical (unpaired) electrons. The van der Waals surface area contributed by atoms with Crippen LogP contribution in [0.3, 0.4) is 0 Å². The normalized spacial score (nSPS) is 13.7. The minimum absolute atomic E-state index is 0.120. The maximum atomic E-state index is 13.9. The summed E-state index contributed by atoms with van der Waals surface area (Å²) >= 11 is 3.57. The van der Waals surface area contributed by atoms with E-state index in [9.17, 15) is 4.39 Å². The number of rotatable bonds is 8. The molecule has 5 nitrogen and oxygen atoms in total. The van der Waals surface area contributed by atoms with Crippen LogP contribution in [0.1, 0.15) is 11.1 Å². The first-order valence-corrected chi connectivity index (χ1v) is 11.3. The third kappa shape index (κ3) is 5.53. The fraction of sp³-hybridized carbons (Fsp3) is 0.280. The van der Waals surface area contributed by atoms with E-state index in [1.165, 1.54) is 11.8 Å². The Hall–Kier alpha value is -2.77. The Balaban J connectivity index is 1.39. The van der Waals surface area contributed by atoms with Crippen molar-refractivity contribution in [3.05, 3.63) is 82.1 Å². The van der Waals surface area contributed by atoms with Gasteiger partial charge >= 0.3 is 0 Å². The summed E-state index contributed by atoms with van der Waals surface area (Å²) in [7, 11) is 1.60. The number of nitrogens with one attached hydrogen (secondary N) is 1. The number of methoxy groups -OCH3 is 1. The van der Waals surface area contributed by atoms with Crippen molar-refractivity contribution < 1.29 is 18.6 Å². The summed E-state index contributed by atoms with van der Waals surface area (Å²) in [5.74, 6) is 0.854. The summed E-state index contributed by atoms with van der Waals surface area (Å²) in [5, 5.41) is 3.44. The molecule has 0 unspecified atom stereocenters. The molecular formula is C25H26BrFN2O3. The molecule has 1 saturated heterocycles. The summed E-state index contributed by atoms with van der Waals surface area (Å²) in [6.07, 6.45) is 0. The molecule has 32 heavy (non-hydrogen) atoms. The Kier molecular flexibility index (Phi) is 7.50. The average molecular weight is 501 g/mol. The minimum atomic E-state index is -0.289. The summed E-state index contributed by atoms with van der Waals surface area (Å²) in [5.41, 5.74) is 3.77. The third-order valence-electron chi connectivity index (χ3n) is 5.36. The van der Waals surface area contributed by atoms with Crippen LogP contribution in [-0.2, 0) is 17.9 Å². The number of nitrogens with zero attached hydrogens (tertiary/aromatic N) is 1. The lowest BCUT2D eigenvalue weighted by Gasteiger charge is -2.29. The minimum Gasteiger partial charge on any atom is -0.493 e. The predicted octanol–water partition coefficient (Wildman–Crippen LogP) is 5.62. The van der Waals surface area contributed by atoms with Gasteiger partial charge in [0.1, 0.15) is 12.4 Å². The zero-order valence-electron chi connectivity index (χ0n) is 17.9. The fourth-order valence-corrected chi connectivity index (χ4v) is 4.20. The van der Waals surface area contributed by atoms with Gasteiger partial charge in [0, 0.05) is 36.6 Å². The van der Waals surface area contributed by atoms with E-state index >= 15 is 0 Å². The van der Waals surface area contributed by atoms with Gasteiger partial charge in [0.15, 0.2) is 11.5 Å². The first-order valence-electron chi connectivity index (χ1n) is 10.5. The number of benzene rings is 3. The second kappa shape index (κ2) is 10.7. The van der Waals surface area contributed by atoms with Gasteiger partial charge in [-0.15, -0.1) is 0 Å². The van der Waals surface area contributed by atoms with Crippen molar-refractivity contribution in [3.8, 4) is 11.5 Å². The third-order valence-corrected chi connectivity index (χ3v) is 5.95. The molecule has 1 aliphatic rings. The number of hydrogen-bond acceptors (Lipinski definition) is 5. The summed E-state index contributed by atoms with van der Waals surface area (Å²) in [6.45, 7) is 4.14. The second-order valence-corrected chi connectivity index (χ2v) is 8.34. The van der Waals surface area contributed by atoms with Gasteiger partial charge < -0.3 is 24.4 Å². The van der Waals surface area contributed by atoms with Crippen molar-refractivity contribution in [2.24, 2.45) is 0 Å². The molecule has 1 heterocycles. The van der Waals surface area contributed by atoms with Crippen molar-refractivity contribution >= 4 is 27.3 Å². The molecule has 1 fully saturated rings. The zero-order chi connectivity index (χ0) is 22.3. The van der Waals surface area contributed by atoms with Gasteiger partial charge in [0.05, 0.1) is 24.8 Å². The molecule has 3 aromatic carbocycles. The Morgan fingerprint density at radius 1 is 1.06 bits per heavy atom. The molecule has 0 aromatic heterocycles. The van der Waals surface area contributed by atoms with E-state index in [4.69, 9.17) is 14.2 Å². The van der Waals surface area contributed by atoms with E-state index < -0.39 is 0 Å². The summed E-state index contributed by atoms with van der Waals surface area (Å²) < 4.78 is 31.5. The van der Waals surface area contributed by atoms with Crippen LogP contribution in [-0.4, -0.2) is 33.4 Å². The van der Waals surface area contributed by atoms with Crippen LogP contribution in [0.2, 0.25) is 0 Å². The lowest BCUT2D eigenvalue weighted by atomic mass is 10.2. The first kappa shape index (κ1) is 22.4. The van der Waals surface area contributed by atoms with E-state index in [-0.39, 0.29) is 12.4 Å². The highest BCUT2D eigenvalue weighted by Crippen LogP contribution is 2.37. The molecular weight excluding hydrogens is 475 g/mol. The lowest BCUT2D eigenvalue weighted by molar-refractivity contribution is 0.122.